The van der Waals surface area contributed by atoms with Gasteiger partial charge in [-0.05, 0) is 78.7 Å². The van der Waals surface area contributed by atoms with Crippen molar-refractivity contribution in [3.63, 3.8) is 0 Å². The monoisotopic (exact) mass is 1040 g/mol. The molecule has 11 aliphatic rings. The fourth-order valence-corrected chi connectivity index (χ4v) is 14.8. The van der Waals surface area contributed by atoms with Gasteiger partial charge in [-0.25, -0.2) is 13.2 Å². The van der Waals surface area contributed by atoms with E-state index in [4.69, 9.17) is 52.1 Å². The Kier molecular flexibility index (Phi) is 14.6. The number of carbonyl (C=O) groups is 2. The van der Waals surface area contributed by atoms with Crippen molar-refractivity contribution in [1.82, 2.24) is 5.32 Å². The Morgan fingerprint density at radius 2 is 1.51 bits per heavy atom. The number of hydrogen-bond donors (Lipinski definition) is 2. The van der Waals surface area contributed by atoms with Gasteiger partial charge in [0.15, 0.2) is 0 Å². The zero-order valence-corrected chi connectivity index (χ0v) is 45.9. The number of fused-ring (bicyclic) bond motifs is 10. The zero-order valence-electron chi connectivity index (χ0n) is 43.1. The van der Waals surface area contributed by atoms with Gasteiger partial charge in [0, 0.05) is 69.6 Å². The molecule has 9 saturated heterocycles. The minimum Gasteiger partial charge on any atom is -0.748 e. The number of rotatable bonds is 6. The Bertz CT molecular complexity index is 2300. The van der Waals surface area contributed by atoms with Gasteiger partial charge in [-0.1, -0.05) is 25.7 Å². The molecule has 0 spiro atoms. The molecule has 72 heavy (non-hydrogen) atoms. The van der Waals surface area contributed by atoms with Crippen molar-refractivity contribution in [2.24, 2.45) is 5.92 Å². The molecular formula is C52H74NNaO17S. The van der Waals surface area contributed by atoms with Gasteiger partial charge in [-0.15, -0.1) is 0 Å². The maximum Gasteiger partial charge on any atom is 1.00 e. The second kappa shape index (κ2) is 19.5. The van der Waals surface area contributed by atoms with Gasteiger partial charge in [0.2, 0.25) is 5.91 Å². The summed E-state index contributed by atoms with van der Waals surface area (Å²) in [5, 5.41) is 14.0. The van der Waals surface area contributed by atoms with E-state index in [9.17, 15) is 27.7 Å². The van der Waals surface area contributed by atoms with E-state index < -0.39 is 68.1 Å². The van der Waals surface area contributed by atoms with Crippen LogP contribution in [0.3, 0.4) is 0 Å². The van der Waals surface area contributed by atoms with Gasteiger partial charge in [-0.3, -0.25) is 4.79 Å². The van der Waals surface area contributed by atoms with Crippen LogP contribution in [0.5, 0.6) is 0 Å². The third-order valence-electron chi connectivity index (χ3n) is 18.5. The average molecular weight is 1040 g/mol. The molecule has 2 N–H and O–H groups in total. The smallest absolute Gasteiger partial charge is 0.748 e. The standard InChI is InChI=1S/C52H75NO17S.Na/c1-26-17-32-37(24-50(6)39(63-32)22-36-46(69-50)27(2)18-44(55)65-36)62-31-11-13-49(5)40(66-45(26)31)23-41-51(7,70-49)25-43-48(4,68-41)12-9-10-30-33(64-43)20-35-34(61-30)21-42-52(8,67-35)38(54)19-29(60-42)16-28(3)47(56)53-14-15-71(57,58)59;/h9-10,18,26,29-43,45-46,54H,3,11-17,19-25H2,1-2,4-8H3,(H,53,56)(H,57,58,59);/q;+1/p-1/b10-9-;/t26-,29-,30-,31+,32+,33+,34+,35-,36+,37-,38+,39-,40+,41-,42-,43-,45-,46-,48+,49-,50+,51+,52+;/m1./s1. The van der Waals surface area contributed by atoms with Crippen molar-refractivity contribution in [3.05, 3.63) is 36.0 Å². The van der Waals surface area contributed by atoms with Gasteiger partial charge in [0.05, 0.1) is 124 Å². The normalized spacial score (nSPS) is 52.0. The summed E-state index contributed by atoms with van der Waals surface area (Å²) in [6.07, 6.45) is 6.62. The number of esters is 1. The van der Waals surface area contributed by atoms with Crippen molar-refractivity contribution < 1.29 is 109 Å². The molecule has 0 aromatic carbocycles. The van der Waals surface area contributed by atoms with E-state index in [0.717, 1.165) is 24.8 Å². The molecule has 0 bridgehead atoms. The van der Waals surface area contributed by atoms with E-state index in [1.165, 1.54) is 6.08 Å². The first-order valence-corrected chi connectivity index (χ1v) is 27.8. The number of aliphatic hydroxyl groups excluding tert-OH is 1. The molecule has 0 saturated carbocycles. The first-order chi connectivity index (χ1) is 33.4. The maximum absolute atomic E-state index is 12.6. The number of amides is 1. The molecule has 11 heterocycles. The second-order valence-electron chi connectivity index (χ2n) is 24.0. The van der Waals surface area contributed by atoms with Crippen molar-refractivity contribution >= 4 is 22.0 Å². The number of aliphatic hydroxyl groups is 1. The second-order valence-corrected chi connectivity index (χ2v) is 25.6. The van der Waals surface area contributed by atoms with Gasteiger partial charge < -0.3 is 67.1 Å². The van der Waals surface area contributed by atoms with Crippen LogP contribution in [0.15, 0.2) is 36.0 Å². The summed E-state index contributed by atoms with van der Waals surface area (Å²) < 4.78 is 109. The van der Waals surface area contributed by atoms with Crippen LogP contribution >= 0.6 is 0 Å². The molecule has 0 aromatic rings. The third kappa shape index (κ3) is 9.95. The summed E-state index contributed by atoms with van der Waals surface area (Å²) in [6.45, 7) is 18.2. The molecule has 0 radical (unpaired) electrons. The SMILES string of the molecule is C=C(C[C@@H]1C[C@H](O)[C@]2(C)O[C@@H]3C[C@@H]4O[C@@H]5C[C@]6(C)O[C@]7(C)CC[C@@H]8O[C@@H]9C[C@]%10(C)O[C@@H]%11C(C)=CC(=O)O[C@H]%11C[C@H]%10O[C@H]9C[C@@H](C)[C@H]8O[C@H]7C[C@H]6O[C@@]5(C)C/C=C\[C@H]4O[C@H]3C[C@H]2O1)C(=O)NCCS(=O)(=O)[O-].[Na+]. The van der Waals surface area contributed by atoms with Crippen LogP contribution < -0.4 is 34.9 Å². The largest absolute Gasteiger partial charge is 1.00 e. The van der Waals surface area contributed by atoms with Crippen LogP contribution in [0.1, 0.15) is 126 Å². The Hall–Kier alpha value is -1.37. The van der Waals surface area contributed by atoms with Crippen molar-refractivity contribution in [3.8, 4) is 0 Å². The third-order valence-corrected chi connectivity index (χ3v) is 19.2. The summed E-state index contributed by atoms with van der Waals surface area (Å²) in [4.78, 5) is 24.9. The van der Waals surface area contributed by atoms with E-state index in [1.807, 2.05) is 13.8 Å². The minimum atomic E-state index is -4.48. The van der Waals surface area contributed by atoms with E-state index in [1.54, 1.807) is 0 Å². The summed E-state index contributed by atoms with van der Waals surface area (Å²) in [6, 6.07) is 0. The van der Waals surface area contributed by atoms with E-state index in [-0.39, 0.29) is 152 Å². The summed E-state index contributed by atoms with van der Waals surface area (Å²) in [5.41, 5.74) is -2.57. The summed E-state index contributed by atoms with van der Waals surface area (Å²) in [5.74, 6) is -1.48. The van der Waals surface area contributed by atoms with Crippen LogP contribution in [0, 0.1) is 5.92 Å². The van der Waals surface area contributed by atoms with Crippen LogP contribution in [0.25, 0.3) is 0 Å². The maximum atomic E-state index is 12.6. The van der Waals surface area contributed by atoms with Gasteiger partial charge in [0.1, 0.15) is 23.9 Å². The number of ether oxygens (including phenoxy) is 11. The fraction of sp³-hybridized carbons (Fsp3) is 0.846. The van der Waals surface area contributed by atoms with Crippen LogP contribution in [0.4, 0.5) is 0 Å². The van der Waals surface area contributed by atoms with Crippen molar-refractivity contribution in [2.45, 2.75) is 257 Å². The molecule has 11 rings (SSSR count). The molecule has 0 unspecified atom stereocenters. The van der Waals surface area contributed by atoms with Gasteiger partial charge in [-0.2, -0.15) is 0 Å². The first kappa shape index (κ1) is 54.0. The van der Waals surface area contributed by atoms with Crippen molar-refractivity contribution in [2.75, 3.05) is 12.3 Å². The van der Waals surface area contributed by atoms with Gasteiger partial charge in [0.25, 0.3) is 0 Å². The predicted molar refractivity (Wildman–Crippen MR) is 250 cm³/mol. The van der Waals surface area contributed by atoms with E-state index >= 15 is 0 Å². The number of carbonyl (C=O) groups excluding carboxylic acids is 2. The Labute approximate surface area is 445 Å². The van der Waals surface area contributed by atoms with E-state index in [0.29, 0.717) is 44.9 Å². The molecule has 11 aliphatic heterocycles. The molecule has 0 aromatic heterocycles. The number of hydrogen-bond acceptors (Lipinski definition) is 17. The summed E-state index contributed by atoms with van der Waals surface area (Å²) >= 11 is 0. The minimum absolute atomic E-state index is 0. The quantitative estimate of drug-likeness (QED) is 0.124. The molecule has 396 valence electrons. The Balaban J connectivity index is 0.00000596. The predicted octanol–water partition coefficient (Wildman–Crippen LogP) is 0.939. The van der Waals surface area contributed by atoms with Gasteiger partial charge >= 0.3 is 35.5 Å². The van der Waals surface area contributed by atoms with Crippen LogP contribution in [-0.4, -0.2) is 174 Å². The molecule has 0 aliphatic carbocycles. The Morgan fingerprint density at radius 1 is 0.778 bits per heavy atom. The molecule has 20 heteroatoms. The summed E-state index contributed by atoms with van der Waals surface area (Å²) in [7, 11) is -4.48. The fourth-order valence-electron chi connectivity index (χ4n) is 14.4. The van der Waals surface area contributed by atoms with Crippen molar-refractivity contribution in [1.29, 1.82) is 0 Å². The topological polar surface area (TPSA) is 225 Å². The molecule has 1 amide bonds. The first-order valence-electron chi connectivity index (χ1n) is 26.2. The molecular weight excluding hydrogens is 966 g/mol. The average Bonchev–Trinajstić information content (AvgIpc) is 3.48. The number of nitrogens with one attached hydrogen (secondary N) is 1. The molecule has 23 atom stereocenters. The van der Waals surface area contributed by atoms with E-state index in [2.05, 4.69) is 58.7 Å². The molecule has 18 nitrogen and oxygen atoms in total. The Morgan fingerprint density at radius 3 is 2.29 bits per heavy atom. The molecule has 9 fully saturated rings. The van der Waals surface area contributed by atoms with Crippen LogP contribution in [-0.2, 0) is 71.8 Å². The zero-order chi connectivity index (χ0) is 50.2. The van der Waals surface area contributed by atoms with Crippen LogP contribution in [0.2, 0.25) is 0 Å².